The van der Waals surface area contributed by atoms with Gasteiger partial charge in [0, 0.05) is 74.3 Å². The van der Waals surface area contributed by atoms with Crippen molar-refractivity contribution in [2.24, 2.45) is 0 Å². The lowest BCUT2D eigenvalue weighted by Gasteiger charge is -2.40. The maximum absolute atomic E-state index is 13.5. The largest absolute Gasteiger partial charge is 0.393 e. The molecule has 2 amide bonds. The third-order valence-electron chi connectivity index (χ3n) is 15.7. The number of fused-ring (bicyclic) bond motifs is 2. The van der Waals surface area contributed by atoms with Crippen LogP contribution in [0.5, 0.6) is 0 Å². The summed E-state index contributed by atoms with van der Waals surface area (Å²) >= 11 is 0. The Morgan fingerprint density at radius 3 is 1.26 bits per heavy atom. The van der Waals surface area contributed by atoms with Crippen LogP contribution in [0.3, 0.4) is 0 Å². The van der Waals surface area contributed by atoms with Crippen molar-refractivity contribution in [3.8, 4) is 0 Å². The van der Waals surface area contributed by atoms with Crippen LogP contribution in [0.2, 0.25) is 0 Å². The number of piperidine rings is 2. The summed E-state index contributed by atoms with van der Waals surface area (Å²) in [5.74, 6) is -0.581. The van der Waals surface area contributed by atoms with Crippen molar-refractivity contribution in [2.75, 3.05) is 36.0 Å². The summed E-state index contributed by atoms with van der Waals surface area (Å²) in [5, 5.41) is 48.1. The molecule has 0 radical (unpaired) electrons. The van der Waals surface area contributed by atoms with Gasteiger partial charge >= 0.3 is 0 Å². The van der Waals surface area contributed by atoms with E-state index in [0.717, 1.165) is 76.1 Å². The molecule has 4 aliphatic heterocycles. The molecule has 2 fully saturated rings. The minimum Gasteiger partial charge on any atom is -0.393 e. The molecule has 6 aromatic carbocycles. The maximum atomic E-state index is 13.5. The van der Waals surface area contributed by atoms with Crippen molar-refractivity contribution >= 4 is 44.7 Å². The second kappa shape index (κ2) is 16.7. The number of hydrogen-bond acceptors (Lipinski definition) is 8. The molecule has 10 heteroatoms. The van der Waals surface area contributed by atoms with E-state index in [-0.39, 0.29) is 36.7 Å². The predicted molar refractivity (Wildman–Crippen MR) is 258 cm³/mol. The molecular weight excluding hydrogens is 825 g/mol. The van der Waals surface area contributed by atoms with E-state index < -0.39 is 23.4 Å². The SMILES string of the molecule is C[C@@H](O)CC1(O)C(=O)N(C2CCN(C3Cc4cccc5cccc3c45)CC2)c2ccccc21.C[C@H](O)CC1(O)C(=O)N(C2CCN(C3Cc4cccc5cccc3c45)CC2)c2ccccc21. The van der Waals surface area contributed by atoms with Crippen LogP contribution >= 0.6 is 0 Å². The van der Waals surface area contributed by atoms with Crippen LogP contribution in [0.4, 0.5) is 11.4 Å². The summed E-state index contributed by atoms with van der Waals surface area (Å²) in [7, 11) is 0. The van der Waals surface area contributed by atoms with Gasteiger partial charge in [-0.05, 0) is 108 Å². The number of benzene rings is 6. The van der Waals surface area contributed by atoms with E-state index >= 15 is 0 Å². The lowest BCUT2D eigenvalue weighted by Crippen LogP contribution is -2.50. The Labute approximate surface area is 386 Å². The zero-order valence-electron chi connectivity index (χ0n) is 37.9. The molecule has 4 N–H and O–H groups in total. The van der Waals surface area contributed by atoms with E-state index in [9.17, 15) is 30.0 Å². The number of rotatable bonds is 8. The van der Waals surface area contributed by atoms with Gasteiger partial charge in [-0.2, -0.15) is 0 Å². The Bertz CT molecular complexity index is 2640. The zero-order valence-corrected chi connectivity index (χ0v) is 37.9. The number of aliphatic hydroxyl groups excluding tert-OH is 2. The summed E-state index contributed by atoms with van der Waals surface area (Å²) in [4.78, 5) is 35.7. The Kier molecular flexibility index (Phi) is 10.9. The summed E-state index contributed by atoms with van der Waals surface area (Å²) in [6.07, 6.45) is 4.07. The first-order chi connectivity index (χ1) is 31.9. The molecule has 0 aromatic heterocycles. The zero-order chi connectivity index (χ0) is 45.5. The molecule has 2 saturated heterocycles. The topological polar surface area (TPSA) is 128 Å². The molecule has 0 saturated carbocycles. The van der Waals surface area contributed by atoms with Crippen molar-refractivity contribution in [1.82, 2.24) is 9.80 Å². The number of aliphatic hydroxyl groups is 4. The molecule has 6 aliphatic rings. The van der Waals surface area contributed by atoms with E-state index in [1.54, 1.807) is 13.8 Å². The minimum absolute atomic E-state index is 0.0164. The second-order valence-electron chi connectivity index (χ2n) is 19.9. The van der Waals surface area contributed by atoms with Gasteiger partial charge in [-0.25, -0.2) is 0 Å². The standard InChI is InChI=1S/2C28H30N2O3/c2*1-18(31)17-28(33)23-10-2-3-11-24(23)30(27(28)32)21-12-14-29(15-13-21)25-16-20-8-4-6-19-7-5-9-22(25)26(19)20/h2*2-11,18,21,25,31,33H,12-17H2,1H3/t2*18-,25?,28?/m10/s1. The Morgan fingerprint density at radius 1 is 0.515 bits per heavy atom. The van der Waals surface area contributed by atoms with Gasteiger partial charge in [-0.1, -0.05) is 109 Å². The van der Waals surface area contributed by atoms with Crippen LogP contribution in [-0.4, -0.2) is 92.5 Å². The average Bonchev–Trinajstić information content (AvgIpc) is 4.01. The number of likely N-dealkylation sites (tertiary alicyclic amines) is 2. The first-order valence-corrected chi connectivity index (χ1v) is 24.1. The number of carbonyl (C=O) groups excluding carboxylic acids is 2. The predicted octanol–water partition coefficient (Wildman–Crippen LogP) is 7.81. The molecule has 10 nitrogen and oxygen atoms in total. The quantitative estimate of drug-likeness (QED) is 0.122. The molecule has 0 spiro atoms. The van der Waals surface area contributed by atoms with Crippen LogP contribution < -0.4 is 9.80 Å². The highest BCUT2D eigenvalue weighted by Gasteiger charge is 2.54. The van der Waals surface area contributed by atoms with Gasteiger partial charge in [0.2, 0.25) is 0 Å². The van der Waals surface area contributed by atoms with E-state index in [1.165, 1.54) is 43.8 Å². The second-order valence-corrected chi connectivity index (χ2v) is 19.9. The highest BCUT2D eigenvalue weighted by atomic mass is 16.3. The number of amides is 2. The maximum Gasteiger partial charge on any atom is 0.264 e. The first kappa shape index (κ1) is 43.1. The number of anilines is 2. The van der Waals surface area contributed by atoms with Crippen LogP contribution in [0.1, 0.15) is 97.8 Å². The number of carbonyl (C=O) groups is 2. The van der Waals surface area contributed by atoms with Gasteiger partial charge in [0.25, 0.3) is 11.8 Å². The highest BCUT2D eigenvalue weighted by molar-refractivity contribution is 6.08. The first-order valence-electron chi connectivity index (χ1n) is 24.1. The van der Waals surface area contributed by atoms with E-state index in [0.29, 0.717) is 23.2 Å². The fraction of sp³-hybridized carbons (Fsp3) is 0.393. The monoisotopic (exact) mass is 884 g/mol. The van der Waals surface area contributed by atoms with Crippen molar-refractivity contribution in [3.63, 3.8) is 0 Å². The van der Waals surface area contributed by atoms with Crippen LogP contribution in [0, 0.1) is 0 Å². The summed E-state index contributed by atoms with van der Waals surface area (Å²) in [6, 6.07) is 42.4. The van der Waals surface area contributed by atoms with Gasteiger partial charge in [0.1, 0.15) is 0 Å². The van der Waals surface area contributed by atoms with E-state index in [4.69, 9.17) is 0 Å². The summed E-state index contributed by atoms with van der Waals surface area (Å²) < 4.78 is 0. The van der Waals surface area contributed by atoms with Crippen molar-refractivity contribution in [2.45, 2.75) is 113 Å². The van der Waals surface area contributed by atoms with Crippen LogP contribution in [-0.2, 0) is 33.6 Å². The van der Waals surface area contributed by atoms with Gasteiger partial charge in [0.15, 0.2) is 11.2 Å². The fourth-order valence-corrected chi connectivity index (χ4v) is 12.9. The number of para-hydroxylation sites is 2. The Hall–Kier alpha value is -5.46. The molecule has 340 valence electrons. The van der Waals surface area contributed by atoms with Gasteiger partial charge in [-0.3, -0.25) is 19.4 Å². The smallest absolute Gasteiger partial charge is 0.264 e. The third-order valence-corrected chi connectivity index (χ3v) is 15.7. The molecule has 6 aromatic rings. The van der Waals surface area contributed by atoms with Gasteiger partial charge in [0.05, 0.1) is 23.6 Å². The van der Waals surface area contributed by atoms with Crippen molar-refractivity contribution in [3.05, 3.63) is 155 Å². The molecule has 4 heterocycles. The molecular formula is C56H60N4O6. The molecule has 12 rings (SSSR count). The Balaban J connectivity index is 0.000000146. The average molecular weight is 885 g/mol. The molecule has 66 heavy (non-hydrogen) atoms. The molecule has 2 aliphatic carbocycles. The minimum atomic E-state index is -1.65. The van der Waals surface area contributed by atoms with Gasteiger partial charge < -0.3 is 30.2 Å². The van der Waals surface area contributed by atoms with E-state index in [2.05, 4.69) is 82.6 Å². The normalized spacial score (nSPS) is 26.2. The summed E-state index contributed by atoms with van der Waals surface area (Å²) in [5.41, 5.74) is 5.25. The summed E-state index contributed by atoms with van der Waals surface area (Å²) in [6.45, 7) is 6.91. The molecule has 6 atom stereocenters. The van der Waals surface area contributed by atoms with Gasteiger partial charge in [-0.15, -0.1) is 0 Å². The number of hydrogen-bond donors (Lipinski definition) is 4. The lowest BCUT2D eigenvalue weighted by molar-refractivity contribution is -0.140. The molecule has 0 bridgehead atoms. The Morgan fingerprint density at radius 2 is 0.879 bits per heavy atom. The number of nitrogens with zero attached hydrogens (tertiary/aromatic N) is 4. The molecule has 4 unspecified atom stereocenters. The fourth-order valence-electron chi connectivity index (χ4n) is 12.9. The van der Waals surface area contributed by atoms with Crippen molar-refractivity contribution < 1.29 is 30.0 Å². The highest BCUT2D eigenvalue weighted by Crippen LogP contribution is 2.49. The lowest BCUT2D eigenvalue weighted by atomic mass is 9.90. The van der Waals surface area contributed by atoms with Crippen LogP contribution in [0.25, 0.3) is 21.5 Å². The van der Waals surface area contributed by atoms with Crippen molar-refractivity contribution in [1.29, 1.82) is 0 Å². The van der Waals surface area contributed by atoms with Crippen LogP contribution in [0.15, 0.2) is 121 Å². The third kappa shape index (κ3) is 6.99. The van der Waals surface area contributed by atoms with E-state index in [1.807, 2.05) is 58.3 Å².